The Labute approximate surface area is 132 Å². The van der Waals surface area contributed by atoms with Crippen LogP contribution in [-0.2, 0) is 0 Å². The lowest BCUT2D eigenvalue weighted by atomic mass is 10.1. The summed E-state index contributed by atoms with van der Waals surface area (Å²) in [5.74, 6) is 1.20. The molecule has 2 aromatic carbocycles. The number of hydrogen-bond acceptors (Lipinski definition) is 5. The highest BCUT2D eigenvalue weighted by molar-refractivity contribution is 5.86. The molecule has 0 unspecified atom stereocenters. The molecule has 0 radical (unpaired) electrons. The molecular formula is C18H16O5. The van der Waals surface area contributed by atoms with E-state index in [0.717, 1.165) is 5.56 Å². The van der Waals surface area contributed by atoms with Gasteiger partial charge in [-0.05, 0) is 42.8 Å². The van der Waals surface area contributed by atoms with Crippen molar-refractivity contribution in [3.63, 3.8) is 0 Å². The summed E-state index contributed by atoms with van der Waals surface area (Å²) in [7, 11) is 2.99. The average molecular weight is 312 g/mol. The Hall–Kier alpha value is -2.95. The van der Waals surface area contributed by atoms with Crippen LogP contribution >= 0.6 is 0 Å². The first-order valence-electron chi connectivity index (χ1n) is 7.04. The minimum atomic E-state index is -0.239. The van der Waals surface area contributed by atoms with E-state index >= 15 is 0 Å². The normalized spacial score (nSPS) is 10.7. The van der Waals surface area contributed by atoms with Gasteiger partial charge in [0, 0.05) is 11.6 Å². The summed E-state index contributed by atoms with van der Waals surface area (Å²) >= 11 is 0. The molecule has 3 rings (SSSR count). The topological polar surface area (TPSA) is 68.9 Å². The molecule has 0 saturated heterocycles. The smallest absolute Gasteiger partial charge is 0.235 e. The summed E-state index contributed by atoms with van der Waals surface area (Å²) in [5.41, 5.74) is 1.58. The van der Waals surface area contributed by atoms with Crippen LogP contribution in [0.2, 0.25) is 0 Å². The van der Waals surface area contributed by atoms with Gasteiger partial charge < -0.3 is 19.0 Å². The number of aromatic hydroxyl groups is 1. The van der Waals surface area contributed by atoms with Crippen LogP contribution < -0.4 is 14.9 Å². The third-order valence-electron chi connectivity index (χ3n) is 3.69. The largest absolute Gasteiger partial charge is 0.508 e. The van der Waals surface area contributed by atoms with Crippen LogP contribution in [0, 0.1) is 6.92 Å². The van der Waals surface area contributed by atoms with Gasteiger partial charge in [0.25, 0.3) is 0 Å². The third kappa shape index (κ3) is 2.50. The van der Waals surface area contributed by atoms with Crippen molar-refractivity contribution in [2.45, 2.75) is 6.92 Å². The van der Waals surface area contributed by atoms with Crippen molar-refractivity contribution in [2.75, 3.05) is 14.2 Å². The zero-order valence-corrected chi connectivity index (χ0v) is 13.0. The Morgan fingerprint density at radius 1 is 1.04 bits per heavy atom. The van der Waals surface area contributed by atoms with E-state index < -0.39 is 0 Å². The van der Waals surface area contributed by atoms with Crippen LogP contribution in [0.25, 0.3) is 22.3 Å². The maximum atomic E-state index is 12.8. The highest BCUT2D eigenvalue weighted by Crippen LogP contribution is 2.33. The van der Waals surface area contributed by atoms with Gasteiger partial charge in [0.1, 0.15) is 17.1 Å². The van der Waals surface area contributed by atoms with E-state index in [9.17, 15) is 9.90 Å². The standard InChI is InChI=1S/C18H16O5/c1-10-8-13(21-2)9-14-15(10)16(20)18(22-3)17(23-14)11-4-6-12(19)7-5-11/h4-9,19H,1-3H3. The van der Waals surface area contributed by atoms with Gasteiger partial charge in [-0.1, -0.05) is 0 Å². The number of phenolic OH excluding ortho intramolecular Hbond substituents is 1. The number of rotatable bonds is 3. The molecule has 5 nitrogen and oxygen atoms in total. The highest BCUT2D eigenvalue weighted by atomic mass is 16.5. The second kappa shape index (κ2) is 5.68. The molecule has 1 aromatic heterocycles. The van der Waals surface area contributed by atoms with Crippen molar-refractivity contribution < 1.29 is 19.0 Å². The van der Waals surface area contributed by atoms with Crippen LogP contribution in [0.15, 0.2) is 45.6 Å². The fraction of sp³-hybridized carbons (Fsp3) is 0.167. The number of fused-ring (bicyclic) bond motifs is 1. The Kier molecular flexibility index (Phi) is 3.70. The van der Waals surface area contributed by atoms with E-state index in [1.54, 1.807) is 31.4 Å². The zero-order valence-electron chi connectivity index (χ0n) is 13.0. The summed E-state index contributed by atoms with van der Waals surface area (Å²) in [4.78, 5) is 12.8. The molecule has 0 atom stereocenters. The van der Waals surface area contributed by atoms with Crippen molar-refractivity contribution >= 4 is 11.0 Å². The summed E-state index contributed by atoms with van der Waals surface area (Å²) in [6.45, 7) is 1.82. The Bertz CT molecular complexity index is 923. The number of phenols is 1. The molecule has 0 amide bonds. The van der Waals surface area contributed by atoms with Gasteiger partial charge in [0.2, 0.25) is 11.2 Å². The Morgan fingerprint density at radius 3 is 2.35 bits per heavy atom. The van der Waals surface area contributed by atoms with Gasteiger partial charge in [-0.3, -0.25) is 4.79 Å². The lowest BCUT2D eigenvalue weighted by molar-refractivity contribution is 0.397. The number of methoxy groups -OCH3 is 2. The second-order valence-electron chi connectivity index (χ2n) is 5.16. The number of aryl methyl sites for hydroxylation is 1. The molecule has 0 bridgehead atoms. The van der Waals surface area contributed by atoms with E-state index in [4.69, 9.17) is 13.9 Å². The molecule has 118 valence electrons. The second-order valence-corrected chi connectivity index (χ2v) is 5.16. The maximum Gasteiger partial charge on any atom is 0.235 e. The average Bonchev–Trinajstić information content (AvgIpc) is 2.54. The Morgan fingerprint density at radius 2 is 1.74 bits per heavy atom. The molecule has 0 saturated carbocycles. The van der Waals surface area contributed by atoms with E-state index in [0.29, 0.717) is 28.0 Å². The van der Waals surface area contributed by atoms with Crippen molar-refractivity contribution in [1.29, 1.82) is 0 Å². The zero-order chi connectivity index (χ0) is 16.6. The van der Waals surface area contributed by atoms with Crippen molar-refractivity contribution in [1.82, 2.24) is 0 Å². The molecule has 0 aliphatic carbocycles. The lowest BCUT2D eigenvalue weighted by Crippen LogP contribution is -2.09. The van der Waals surface area contributed by atoms with Crippen LogP contribution in [0.3, 0.4) is 0 Å². The molecule has 0 aliphatic rings. The molecule has 1 heterocycles. The van der Waals surface area contributed by atoms with Crippen LogP contribution in [-0.4, -0.2) is 19.3 Å². The monoisotopic (exact) mass is 312 g/mol. The molecule has 0 fully saturated rings. The van der Waals surface area contributed by atoms with Crippen LogP contribution in [0.4, 0.5) is 0 Å². The van der Waals surface area contributed by atoms with Gasteiger partial charge >= 0.3 is 0 Å². The van der Waals surface area contributed by atoms with Crippen LogP contribution in [0.1, 0.15) is 5.56 Å². The lowest BCUT2D eigenvalue weighted by Gasteiger charge is -2.11. The maximum absolute atomic E-state index is 12.8. The van der Waals surface area contributed by atoms with Crippen molar-refractivity contribution in [3.8, 4) is 28.6 Å². The molecule has 23 heavy (non-hydrogen) atoms. The fourth-order valence-corrected chi connectivity index (χ4v) is 2.57. The van der Waals surface area contributed by atoms with E-state index in [1.165, 1.54) is 19.2 Å². The van der Waals surface area contributed by atoms with Crippen molar-refractivity contribution in [2.24, 2.45) is 0 Å². The molecule has 3 aromatic rings. The minimum Gasteiger partial charge on any atom is -0.508 e. The van der Waals surface area contributed by atoms with Gasteiger partial charge in [-0.2, -0.15) is 0 Å². The molecule has 5 heteroatoms. The first-order chi connectivity index (χ1) is 11.0. The molecule has 0 spiro atoms. The first kappa shape index (κ1) is 15.0. The SMILES string of the molecule is COc1cc(C)c2c(=O)c(OC)c(-c3ccc(O)cc3)oc2c1. The van der Waals surface area contributed by atoms with Gasteiger partial charge in [0.05, 0.1) is 19.6 Å². The highest BCUT2D eigenvalue weighted by Gasteiger charge is 2.19. The summed E-state index contributed by atoms with van der Waals surface area (Å²) < 4.78 is 16.4. The van der Waals surface area contributed by atoms with Crippen LogP contribution in [0.5, 0.6) is 17.2 Å². The summed E-state index contributed by atoms with van der Waals surface area (Å²) in [6, 6.07) is 9.82. The third-order valence-corrected chi connectivity index (χ3v) is 3.69. The first-order valence-corrected chi connectivity index (χ1v) is 7.04. The van der Waals surface area contributed by atoms with Gasteiger partial charge in [-0.25, -0.2) is 0 Å². The predicted molar refractivity (Wildman–Crippen MR) is 87.4 cm³/mol. The molecule has 1 N–H and O–H groups in total. The summed E-state index contributed by atoms with van der Waals surface area (Å²) in [6.07, 6.45) is 0. The van der Waals surface area contributed by atoms with Gasteiger partial charge in [-0.15, -0.1) is 0 Å². The fourth-order valence-electron chi connectivity index (χ4n) is 2.57. The number of benzene rings is 2. The van der Waals surface area contributed by atoms with E-state index in [1.807, 2.05) is 6.92 Å². The number of ether oxygens (including phenoxy) is 2. The van der Waals surface area contributed by atoms with Gasteiger partial charge in [0.15, 0.2) is 5.76 Å². The van der Waals surface area contributed by atoms with E-state index in [2.05, 4.69) is 0 Å². The Balaban J connectivity index is 2.37. The molecular weight excluding hydrogens is 296 g/mol. The number of hydrogen-bond donors (Lipinski definition) is 1. The minimum absolute atomic E-state index is 0.133. The van der Waals surface area contributed by atoms with Crippen molar-refractivity contribution in [3.05, 3.63) is 52.2 Å². The summed E-state index contributed by atoms with van der Waals surface area (Å²) in [5, 5.41) is 9.88. The quantitative estimate of drug-likeness (QED) is 0.801. The van der Waals surface area contributed by atoms with E-state index in [-0.39, 0.29) is 16.9 Å². The predicted octanol–water partition coefficient (Wildman–Crippen LogP) is 3.49. The molecule has 0 aliphatic heterocycles.